The Kier molecular flexibility index (Phi) is 4.98. The van der Waals surface area contributed by atoms with Crippen molar-refractivity contribution in [3.63, 3.8) is 0 Å². The summed E-state index contributed by atoms with van der Waals surface area (Å²) in [5.74, 6) is 1.05. The Morgan fingerprint density at radius 1 is 0.750 bits per heavy atom. The van der Waals surface area contributed by atoms with Crippen LogP contribution in [0.1, 0.15) is 29.8 Å². The highest BCUT2D eigenvalue weighted by molar-refractivity contribution is 6.20. The van der Waals surface area contributed by atoms with Crippen LogP contribution in [0.25, 0.3) is 21.5 Å². The molecule has 3 heteroatoms. The minimum Gasteiger partial charge on any atom is -0.490 e. The normalized spacial score (nSPS) is 10.9. The second-order valence-corrected chi connectivity index (χ2v) is 6.56. The fraction of sp³-hybridized carbons (Fsp3) is 0.160. The summed E-state index contributed by atoms with van der Waals surface area (Å²) in [6.45, 7) is 4.79. The first-order valence-corrected chi connectivity index (χ1v) is 9.57. The van der Waals surface area contributed by atoms with Crippen molar-refractivity contribution in [2.75, 3.05) is 13.2 Å². The van der Waals surface area contributed by atoms with Gasteiger partial charge in [0.2, 0.25) is 0 Å². The molecule has 0 aliphatic heterocycles. The van der Waals surface area contributed by atoms with Crippen LogP contribution >= 0.6 is 0 Å². The molecule has 0 amide bonds. The van der Waals surface area contributed by atoms with E-state index in [0.717, 1.165) is 21.5 Å². The van der Waals surface area contributed by atoms with Crippen molar-refractivity contribution in [2.45, 2.75) is 13.8 Å². The van der Waals surface area contributed by atoms with Crippen LogP contribution in [-0.4, -0.2) is 19.0 Å². The van der Waals surface area contributed by atoms with E-state index in [9.17, 15) is 4.79 Å². The monoisotopic (exact) mass is 370 g/mol. The van der Waals surface area contributed by atoms with Crippen molar-refractivity contribution in [3.8, 4) is 11.5 Å². The number of ether oxygens (including phenoxy) is 2. The average molecular weight is 370 g/mol. The maximum Gasteiger partial charge on any atom is 0.197 e. The molecular formula is C25H22O3. The van der Waals surface area contributed by atoms with E-state index in [0.29, 0.717) is 35.8 Å². The molecule has 0 saturated carbocycles. The van der Waals surface area contributed by atoms with Crippen LogP contribution in [0.15, 0.2) is 72.8 Å². The molecule has 0 aliphatic carbocycles. The van der Waals surface area contributed by atoms with Gasteiger partial charge in [0.25, 0.3) is 0 Å². The first kappa shape index (κ1) is 18.1. The summed E-state index contributed by atoms with van der Waals surface area (Å²) in [6.07, 6.45) is 0. The van der Waals surface area contributed by atoms with Crippen molar-refractivity contribution in [1.29, 1.82) is 0 Å². The Morgan fingerprint density at radius 2 is 1.39 bits per heavy atom. The Labute approximate surface area is 164 Å². The number of ketones is 1. The van der Waals surface area contributed by atoms with Gasteiger partial charge < -0.3 is 9.47 Å². The molecule has 0 aliphatic rings. The fourth-order valence-electron chi connectivity index (χ4n) is 3.56. The van der Waals surface area contributed by atoms with Crippen molar-refractivity contribution in [3.05, 3.63) is 83.9 Å². The van der Waals surface area contributed by atoms with Gasteiger partial charge in [-0.1, -0.05) is 54.6 Å². The van der Waals surface area contributed by atoms with Crippen LogP contribution in [0.2, 0.25) is 0 Å². The van der Waals surface area contributed by atoms with Crippen LogP contribution in [0.4, 0.5) is 0 Å². The van der Waals surface area contributed by atoms with Gasteiger partial charge in [-0.3, -0.25) is 4.79 Å². The van der Waals surface area contributed by atoms with Gasteiger partial charge in [0.15, 0.2) is 17.3 Å². The maximum absolute atomic E-state index is 13.5. The summed E-state index contributed by atoms with van der Waals surface area (Å²) < 4.78 is 11.8. The van der Waals surface area contributed by atoms with E-state index < -0.39 is 0 Å². The van der Waals surface area contributed by atoms with Crippen molar-refractivity contribution < 1.29 is 14.3 Å². The topological polar surface area (TPSA) is 35.5 Å². The second kappa shape index (κ2) is 7.73. The number of hydrogen-bond donors (Lipinski definition) is 0. The van der Waals surface area contributed by atoms with E-state index in [1.807, 2.05) is 62.4 Å². The third kappa shape index (κ3) is 3.20. The number of rotatable bonds is 6. The van der Waals surface area contributed by atoms with Crippen LogP contribution in [-0.2, 0) is 0 Å². The zero-order valence-corrected chi connectivity index (χ0v) is 16.1. The minimum absolute atomic E-state index is 0.0640. The SMILES string of the molecule is CCOc1cc2cc3ccccc3cc2c(C(=O)c2ccccc2)c1OCC. The summed E-state index contributed by atoms with van der Waals surface area (Å²) in [6, 6.07) is 23.6. The molecule has 0 unspecified atom stereocenters. The molecule has 4 rings (SSSR count). The summed E-state index contributed by atoms with van der Waals surface area (Å²) >= 11 is 0. The van der Waals surface area contributed by atoms with E-state index in [4.69, 9.17) is 9.47 Å². The van der Waals surface area contributed by atoms with Gasteiger partial charge in [0.1, 0.15) is 0 Å². The molecule has 0 aromatic heterocycles. The lowest BCUT2D eigenvalue weighted by Crippen LogP contribution is -2.09. The van der Waals surface area contributed by atoms with E-state index in [2.05, 4.69) is 24.3 Å². The lowest BCUT2D eigenvalue weighted by Gasteiger charge is -2.18. The zero-order chi connectivity index (χ0) is 19.5. The molecule has 140 valence electrons. The third-order valence-corrected chi connectivity index (χ3v) is 4.78. The smallest absolute Gasteiger partial charge is 0.197 e. The van der Waals surface area contributed by atoms with Crippen LogP contribution in [0.5, 0.6) is 11.5 Å². The van der Waals surface area contributed by atoms with Crippen molar-refractivity contribution >= 4 is 27.3 Å². The zero-order valence-electron chi connectivity index (χ0n) is 16.1. The van der Waals surface area contributed by atoms with Gasteiger partial charge >= 0.3 is 0 Å². The average Bonchev–Trinajstić information content (AvgIpc) is 2.73. The lowest BCUT2D eigenvalue weighted by molar-refractivity contribution is 0.103. The van der Waals surface area contributed by atoms with Crippen LogP contribution < -0.4 is 9.47 Å². The highest BCUT2D eigenvalue weighted by Gasteiger charge is 2.23. The first-order valence-electron chi connectivity index (χ1n) is 9.57. The lowest BCUT2D eigenvalue weighted by atomic mass is 9.93. The molecule has 0 radical (unpaired) electrons. The van der Waals surface area contributed by atoms with Gasteiger partial charge in [-0.25, -0.2) is 0 Å². The highest BCUT2D eigenvalue weighted by atomic mass is 16.5. The van der Waals surface area contributed by atoms with E-state index in [1.165, 1.54) is 0 Å². The summed E-state index contributed by atoms with van der Waals surface area (Å²) in [4.78, 5) is 13.5. The Morgan fingerprint density at radius 3 is 2.07 bits per heavy atom. The van der Waals surface area contributed by atoms with Gasteiger partial charge in [0, 0.05) is 5.56 Å². The predicted octanol–water partition coefficient (Wildman–Crippen LogP) is 6.02. The van der Waals surface area contributed by atoms with E-state index in [-0.39, 0.29) is 5.78 Å². The molecule has 4 aromatic carbocycles. The quantitative estimate of drug-likeness (QED) is 0.307. The van der Waals surface area contributed by atoms with Gasteiger partial charge in [-0.15, -0.1) is 0 Å². The predicted molar refractivity (Wildman–Crippen MR) is 114 cm³/mol. The standard InChI is InChI=1S/C25H22O3/c1-3-27-22-16-20-14-18-12-8-9-13-19(18)15-21(20)23(25(22)28-4-2)24(26)17-10-6-5-7-11-17/h5-16H,3-4H2,1-2H3. The van der Waals surface area contributed by atoms with Crippen molar-refractivity contribution in [2.24, 2.45) is 0 Å². The maximum atomic E-state index is 13.5. The summed E-state index contributed by atoms with van der Waals surface area (Å²) in [5, 5.41) is 4.05. The molecule has 28 heavy (non-hydrogen) atoms. The summed E-state index contributed by atoms with van der Waals surface area (Å²) in [5.41, 5.74) is 1.19. The van der Waals surface area contributed by atoms with Crippen molar-refractivity contribution in [1.82, 2.24) is 0 Å². The molecule has 3 nitrogen and oxygen atoms in total. The molecule has 0 spiro atoms. The minimum atomic E-state index is -0.0640. The molecule has 4 aromatic rings. The molecule has 0 bridgehead atoms. The fourth-order valence-corrected chi connectivity index (χ4v) is 3.56. The van der Waals surface area contributed by atoms with Gasteiger partial charge in [0.05, 0.1) is 18.8 Å². The number of fused-ring (bicyclic) bond motifs is 2. The highest BCUT2D eigenvalue weighted by Crippen LogP contribution is 2.40. The molecule has 0 atom stereocenters. The van der Waals surface area contributed by atoms with Gasteiger partial charge in [-0.05, 0) is 53.6 Å². The molecule has 0 saturated heterocycles. The third-order valence-electron chi connectivity index (χ3n) is 4.78. The molecule has 0 N–H and O–H groups in total. The second-order valence-electron chi connectivity index (χ2n) is 6.56. The Bertz CT molecular complexity index is 1150. The Hall–Kier alpha value is -3.33. The first-order chi connectivity index (χ1) is 13.7. The van der Waals surface area contributed by atoms with Crippen LogP contribution in [0, 0.1) is 0 Å². The number of benzene rings is 4. The van der Waals surface area contributed by atoms with Gasteiger partial charge in [-0.2, -0.15) is 0 Å². The van der Waals surface area contributed by atoms with Crippen LogP contribution in [0.3, 0.4) is 0 Å². The number of carbonyl (C=O) groups is 1. The molecule has 0 fully saturated rings. The van der Waals surface area contributed by atoms with E-state index in [1.54, 1.807) is 0 Å². The van der Waals surface area contributed by atoms with E-state index >= 15 is 0 Å². The number of hydrogen-bond acceptors (Lipinski definition) is 3. The Balaban J connectivity index is 2.08. The molecular weight excluding hydrogens is 348 g/mol. The largest absolute Gasteiger partial charge is 0.490 e. The number of carbonyl (C=O) groups excluding carboxylic acids is 1. The summed E-state index contributed by atoms with van der Waals surface area (Å²) in [7, 11) is 0. The molecule has 0 heterocycles.